The molecule has 1 aliphatic rings. The second-order valence-corrected chi connectivity index (χ2v) is 4.59. The van der Waals surface area contributed by atoms with Gasteiger partial charge in [0.1, 0.15) is 0 Å². The molecule has 20 heavy (non-hydrogen) atoms. The van der Waals surface area contributed by atoms with Crippen molar-refractivity contribution in [2.24, 2.45) is 24.9 Å². The fourth-order valence-corrected chi connectivity index (χ4v) is 2.19. The molecule has 2 heterocycles. The van der Waals surface area contributed by atoms with Gasteiger partial charge in [-0.15, -0.1) is 10.6 Å². The Morgan fingerprint density at radius 1 is 1.30 bits per heavy atom. The van der Waals surface area contributed by atoms with Crippen LogP contribution in [0, 0.1) is 0 Å². The number of nitrogens with one attached hydrogen (secondary N) is 3. The lowest BCUT2D eigenvalue weighted by molar-refractivity contribution is 0.208. The van der Waals surface area contributed by atoms with E-state index in [-0.39, 0.29) is 5.69 Å². The number of hydrazine groups is 3. The van der Waals surface area contributed by atoms with Crippen LogP contribution in [0.2, 0.25) is 0 Å². The van der Waals surface area contributed by atoms with Crippen LogP contribution < -0.4 is 27.9 Å². The van der Waals surface area contributed by atoms with Crippen LogP contribution in [0.15, 0.2) is 28.1 Å². The lowest BCUT2D eigenvalue weighted by atomic mass is 10.2. The van der Waals surface area contributed by atoms with Gasteiger partial charge in [-0.3, -0.25) is 9.13 Å². The predicted molar refractivity (Wildman–Crippen MR) is 74.7 cm³/mol. The van der Waals surface area contributed by atoms with Gasteiger partial charge in [-0.25, -0.2) is 15.8 Å². The number of nitrogens with zero attached hydrogens (tertiary/aromatic N) is 4. The number of hydrazone groups is 1. The molecule has 1 aliphatic heterocycles. The van der Waals surface area contributed by atoms with Crippen molar-refractivity contribution in [3.8, 4) is 0 Å². The molecule has 106 valence electrons. The molecule has 0 radical (unpaired) electrons. The highest BCUT2D eigenvalue weighted by molar-refractivity contribution is 5.78. The molecule has 0 atom stereocenters. The molecule has 0 spiro atoms. The van der Waals surface area contributed by atoms with E-state index >= 15 is 0 Å². The van der Waals surface area contributed by atoms with E-state index in [4.69, 9.17) is 5.73 Å². The molecule has 9 heteroatoms. The quantitative estimate of drug-likeness (QED) is 0.540. The van der Waals surface area contributed by atoms with Crippen LogP contribution >= 0.6 is 0 Å². The highest BCUT2D eigenvalue weighted by Crippen LogP contribution is 2.13. The molecule has 9 nitrogen and oxygen atoms in total. The number of fused-ring (bicyclic) bond motifs is 1. The molecule has 0 fully saturated rings. The lowest BCUT2D eigenvalue weighted by Gasteiger charge is -2.17. The highest BCUT2D eigenvalue weighted by atomic mass is 16.1. The SMILES string of the molecule is Cn1c(=O)n(C)c2cc(CNN3NNN=C3N)ccc21. The van der Waals surface area contributed by atoms with Gasteiger partial charge in [-0.1, -0.05) is 6.07 Å². The largest absolute Gasteiger partial charge is 0.366 e. The number of benzene rings is 1. The van der Waals surface area contributed by atoms with Gasteiger partial charge in [0.05, 0.1) is 11.0 Å². The summed E-state index contributed by atoms with van der Waals surface area (Å²) in [5.74, 6) is 0.304. The number of aromatic nitrogens is 2. The first-order valence-electron chi connectivity index (χ1n) is 6.09. The maximum atomic E-state index is 11.9. The normalized spacial score (nSPS) is 14.7. The first-order valence-corrected chi connectivity index (χ1v) is 6.09. The van der Waals surface area contributed by atoms with Gasteiger partial charge in [-0.05, 0) is 17.7 Å². The standard InChI is InChI=1S/C11H16N8O/c1-17-8-4-3-7(5-9(8)18(2)11(17)20)6-13-19-10(12)14-15-16-19/h3-5,13,15-16H,6H2,1-2H3,(H2,12,14). The summed E-state index contributed by atoms with van der Waals surface area (Å²) in [6.07, 6.45) is 0. The van der Waals surface area contributed by atoms with Gasteiger partial charge in [-0.2, -0.15) is 5.12 Å². The van der Waals surface area contributed by atoms with Crippen molar-refractivity contribution in [3.05, 3.63) is 34.2 Å². The van der Waals surface area contributed by atoms with Gasteiger partial charge < -0.3 is 5.73 Å². The molecule has 5 N–H and O–H groups in total. The Morgan fingerprint density at radius 2 is 2.05 bits per heavy atom. The van der Waals surface area contributed by atoms with E-state index in [0.717, 1.165) is 16.6 Å². The van der Waals surface area contributed by atoms with Crippen molar-refractivity contribution >= 4 is 17.0 Å². The molecule has 0 saturated heterocycles. The van der Waals surface area contributed by atoms with E-state index in [1.807, 2.05) is 18.2 Å². The topological polar surface area (TPSA) is 105 Å². The smallest absolute Gasteiger partial charge is 0.328 e. The number of imidazole rings is 1. The third-order valence-electron chi connectivity index (χ3n) is 3.34. The van der Waals surface area contributed by atoms with E-state index in [1.165, 1.54) is 5.12 Å². The van der Waals surface area contributed by atoms with Crippen molar-refractivity contribution in [1.82, 2.24) is 30.7 Å². The highest BCUT2D eigenvalue weighted by Gasteiger charge is 2.13. The second kappa shape index (κ2) is 4.54. The van der Waals surface area contributed by atoms with Crippen LogP contribution in [0.25, 0.3) is 11.0 Å². The van der Waals surface area contributed by atoms with E-state index in [0.29, 0.717) is 12.5 Å². The monoisotopic (exact) mass is 276 g/mol. The number of hydrogen-bond acceptors (Lipinski definition) is 7. The average Bonchev–Trinajstić information content (AvgIpc) is 2.95. The van der Waals surface area contributed by atoms with Gasteiger partial charge in [0.15, 0.2) is 0 Å². The summed E-state index contributed by atoms with van der Waals surface area (Å²) < 4.78 is 3.26. The molecule has 1 aromatic carbocycles. The average molecular weight is 276 g/mol. The van der Waals surface area contributed by atoms with Crippen molar-refractivity contribution < 1.29 is 0 Å². The molecule has 0 bridgehead atoms. The third-order valence-corrected chi connectivity index (χ3v) is 3.34. The number of aryl methyl sites for hydroxylation is 2. The summed E-state index contributed by atoms with van der Waals surface area (Å²) in [6, 6.07) is 5.87. The molecule has 0 aliphatic carbocycles. The summed E-state index contributed by atoms with van der Waals surface area (Å²) in [7, 11) is 3.53. The minimum Gasteiger partial charge on any atom is -0.366 e. The summed E-state index contributed by atoms with van der Waals surface area (Å²) >= 11 is 0. The predicted octanol–water partition coefficient (Wildman–Crippen LogP) is -1.56. The van der Waals surface area contributed by atoms with Crippen LogP contribution in [-0.2, 0) is 20.6 Å². The first-order chi connectivity index (χ1) is 9.58. The Balaban J connectivity index is 1.84. The van der Waals surface area contributed by atoms with Crippen molar-refractivity contribution in [3.63, 3.8) is 0 Å². The van der Waals surface area contributed by atoms with Crippen molar-refractivity contribution in [2.75, 3.05) is 0 Å². The minimum atomic E-state index is -0.0353. The van der Waals surface area contributed by atoms with Crippen LogP contribution in [0.3, 0.4) is 0 Å². The molecular formula is C11H16N8O. The number of nitrogens with two attached hydrogens (primary N) is 1. The summed E-state index contributed by atoms with van der Waals surface area (Å²) in [4.78, 5) is 11.9. The minimum absolute atomic E-state index is 0.0353. The molecular weight excluding hydrogens is 260 g/mol. The van der Waals surface area contributed by atoms with Crippen LogP contribution in [0.4, 0.5) is 0 Å². The lowest BCUT2D eigenvalue weighted by Crippen LogP contribution is -2.52. The maximum absolute atomic E-state index is 11.9. The Kier molecular flexibility index (Phi) is 2.84. The number of hydrogen-bond donors (Lipinski definition) is 4. The van der Waals surface area contributed by atoms with E-state index in [2.05, 4.69) is 21.6 Å². The van der Waals surface area contributed by atoms with Crippen molar-refractivity contribution in [1.29, 1.82) is 0 Å². The van der Waals surface area contributed by atoms with Crippen LogP contribution in [-0.4, -0.2) is 20.2 Å². The second-order valence-electron chi connectivity index (χ2n) is 4.59. The van der Waals surface area contributed by atoms with Gasteiger partial charge in [0.2, 0.25) is 5.96 Å². The van der Waals surface area contributed by atoms with E-state index in [9.17, 15) is 4.79 Å². The first kappa shape index (κ1) is 12.5. The summed E-state index contributed by atoms with van der Waals surface area (Å²) in [5.41, 5.74) is 16.7. The molecule has 1 aromatic heterocycles. The van der Waals surface area contributed by atoms with E-state index in [1.54, 1.807) is 23.2 Å². The van der Waals surface area contributed by atoms with Gasteiger partial charge in [0, 0.05) is 20.6 Å². The Hall–Kier alpha value is -2.52. The number of guanidine groups is 1. The zero-order valence-corrected chi connectivity index (χ0v) is 11.2. The summed E-state index contributed by atoms with van der Waals surface area (Å²) in [5, 5.41) is 5.24. The fourth-order valence-electron chi connectivity index (χ4n) is 2.19. The molecule has 0 unspecified atom stereocenters. The van der Waals surface area contributed by atoms with Crippen LogP contribution in [0.5, 0.6) is 0 Å². The third kappa shape index (κ3) is 1.89. The molecule has 0 amide bonds. The van der Waals surface area contributed by atoms with Crippen LogP contribution in [0.1, 0.15) is 5.56 Å². The Bertz CT molecular complexity index is 743. The van der Waals surface area contributed by atoms with E-state index < -0.39 is 0 Å². The fraction of sp³-hybridized carbons (Fsp3) is 0.273. The number of rotatable bonds is 3. The Morgan fingerprint density at radius 3 is 2.75 bits per heavy atom. The molecule has 2 aromatic rings. The van der Waals surface area contributed by atoms with Gasteiger partial charge in [0.25, 0.3) is 0 Å². The maximum Gasteiger partial charge on any atom is 0.328 e. The zero-order chi connectivity index (χ0) is 14.3. The summed E-state index contributed by atoms with van der Waals surface area (Å²) in [6.45, 7) is 0.546. The molecule has 3 rings (SSSR count). The van der Waals surface area contributed by atoms with Crippen molar-refractivity contribution in [2.45, 2.75) is 6.54 Å². The van der Waals surface area contributed by atoms with Gasteiger partial charge >= 0.3 is 5.69 Å². The Labute approximate surface area is 114 Å². The molecule has 0 saturated carbocycles. The zero-order valence-electron chi connectivity index (χ0n) is 11.2.